The molecular weight excluding hydrogens is 254 g/mol. The fourth-order valence-electron chi connectivity index (χ4n) is 2.30. The molecule has 2 rings (SSSR count). The predicted octanol–water partition coefficient (Wildman–Crippen LogP) is 3.86. The van der Waals surface area contributed by atoms with E-state index in [-0.39, 0.29) is 5.76 Å². The molecule has 0 fully saturated rings. The molecule has 1 heterocycles. The largest absolute Gasteiger partial charge is 0.475 e. The second-order valence-corrected chi connectivity index (χ2v) is 5.46. The van der Waals surface area contributed by atoms with Crippen molar-refractivity contribution < 1.29 is 14.3 Å². The van der Waals surface area contributed by atoms with Gasteiger partial charge in [0.2, 0.25) is 11.7 Å². The van der Waals surface area contributed by atoms with Gasteiger partial charge < -0.3 is 9.52 Å². The van der Waals surface area contributed by atoms with Gasteiger partial charge in [0.1, 0.15) is 0 Å². The summed E-state index contributed by atoms with van der Waals surface area (Å²) in [4.78, 5) is 15.7. The molecular formula is C16H19NO3. The fraction of sp³-hybridized carbons (Fsp3) is 0.375. The number of aromatic nitrogens is 1. The summed E-state index contributed by atoms with van der Waals surface area (Å²) in [6.45, 7) is 7.99. The molecule has 1 aromatic heterocycles. The lowest BCUT2D eigenvalue weighted by Crippen LogP contribution is -2.03. The molecule has 0 aliphatic carbocycles. The standard InChI is InChI=1S/C16H19NO3/c1-9(2)8-12-14(16(18)19)20-15(17-12)13-10(3)6-5-7-11(13)4/h5-7,9H,8H2,1-4H3,(H,18,19). The molecule has 0 amide bonds. The molecule has 0 saturated carbocycles. The highest BCUT2D eigenvalue weighted by Gasteiger charge is 2.22. The monoisotopic (exact) mass is 273 g/mol. The minimum absolute atomic E-state index is 0.0450. The summed E-state index contributed by atoms with van der Waals surface area (Å²) in [5, 5.41) is 9.24. The molecule has 106 valence electrons. The van der Waals surface area contributed by atoms with Crippen molar-refractivity contribution >= 4 is 5.97 Å². The Morgan fingerprint density at radius 3 is 2.40 bits per heavy atom. The van der Waals surface area contributed by atoms with Crippen molar-refractivity contribution in [3.05, 3.63) is 40.8 Å². The molecule has 0 radical (unpaired) electrons. The molecule has 0 unspecified atom stereocenters. The Morgan fingerprint density at radius 2 is 1.90 bits per heavy atom. The number of aryl methyl sites for hydroxylation is 2. The van der Waals surface area contributed by atoms with Gasteiger partial charge in [-0.05, 0) is 37.3 Å². The third-order valence-electron chi connectivity index (χ3n) is 3.19. The molecule has 0 aliphatic rings. The van der Waals surface area contributed by atoms with Crippen LogP contribution < -0.4 is 0 Å². The van der Waals surface area contributed by atoms with Gasteiger partial charge in [-0.3, -0.25) is 0 Å². The summed E-state index contributed by atoms with van der Waals surface area (Å²) in [6.07, 6.45) is 0.593. The summed E-state index contributed by atoms with van der Waals surface area (Å²) < 4.78 is 5.51. The first-order valence-electron chi connectivity index (χ1n) is 6.69. The Balaban J connectivity index is 2.56. The van der Waals surface area contributed by atoms with E-state index in [9.17, 15) is 9.90 Å². The summed E-state index contributed by atoms with van der Waals surface area (Å²) in [5.74, 6) is -0.389. The number of hydrogen-bond donors (Lipinski definition) is 1. The van der Waals surface area contributed by atoms with E-state index in [1.54, 1.807) is 0 Å². The lowest BCUT2D eigenvalue weighted by Gasteiger charge is -2.04. The molecule has 0 saturated heterocycles. The highest BCUT2D eigenvalue weighted by molar-refractivity contribution is 5.86. The van der Waals surface area contributed by atoms with E-state index in [1.165, 1.54) is 0 Å². The first kappa shape index (κ1) is 14.3. The number of carboxylic acid groups (broad SMARTS) is 1. The zero-order chi connectivity index (χ0) is 14.9. The van der Waals surface area contributed by atoms with Gasteiger partial charge in [-0.25, -0.2) is 9.78 Å². The van der Waals surface area contributed by atoms with Crippen LogP contribution in [-0.4, -0.2) is 16.1 Å². The van der Waals surface area contributed by atoms with Gasteiger partial charge in [0.25, 0.3) is 0 Å². The summed E-state index contributed by atoms with van der Waals surface area (Å²) in [5.41, 5.74) is 3.45. The van der Waals surface area contributed by atoms with Crippen LogP contribution >= 0.6 is 0 Å². The van der Waals surface area contributed by atoms with Crippen LogP contribution in [0, 0.1) is 19.8 Å². The van der Waals surface area contributed by atoms with Gasteiger partial charge in [-0.2, -0.15) is 0 Å². The van der Waals surface area contributed by atoms with E-state index in [4.69, 9.17) is 4.42 Å². The van der Waals surface area contributed by atoms with Gasteiger partial charge in [0.15, 0.2) is 0 Å². The topological polar surface area (TPSA) is 63.3 Å². The average Bonchev–Trinajstić information content (AvgIpc) is 2.71. The van der Waals surface area contributed by atoms with Gasteiger partial charge in [0, 0.05) is 5.56 Å². The van der Waals surface area contributed by atoms with Crippen LogP contribution in [0.3, 0.4) is 0 Å². The zero-order valence-corrected chi connectivity index (χ0v) is 12.2. The quantitative estimate of drug-likeness (QED) is 0.918. The number of oxazole rings is 1. The van der Waals surface area contributed by atoms with Crippen molar-refractivity contribution in [3.8, 4) is 11.5 Å². The number of carboxylic acids is 1. The van der Waals surface area contributed by atoms with Crippen molar-refractivity contribution in [3.63, 3.8) is 0 Å². The Kier molecular flexibility index (Phi) is 3.93. The zero-order valence-electron chi connectivity index (χ0n) is 12.2. The normalized spacial score (nSPS) is 11.1. The van der Waals surface area contributed by atoms with Crippen LogP contribution in [-0.2, 0) is 6.42 Å². The molecule has 1 aromatic carbocycles. The number of aromatic carboxylic acids is 1. The maximum atomic E-state index is 11.3. The molecule has 0 bridgehead atoms. The summed E-state index contributed by atoms with van der Waals surface area (Å²) in [7, 11) is 0. The Labute approximate surface area is 118 Å². The van der Waals surface area contributed by atoms with Crippen LogP contribution in [0.25, 0.3) is 11.5 Å². The molecule has 4 nitrogen and oxygen atoms in total. The molecule has 2 aromatic rings. The smallest absolute Gasteiger partial charge is 0.373 e. The van der Waals surface area contributed by atoms with Crippen LogP contribution in [0.5, 0.6) is 0 Å². The Bertz CT molecular complexity index is 621. The number of hydrogen-bond acceptors (Lipinski definition) is 3. The minimum Gasteiger partial charge on any atom is -0.475 e. The van der Waals surface area contributed by atoms with E-state index < -0.39 is 5.97 Å². The Hall–Kier alpha value is -2.10. The first-order valence-corrected chi connectivity index (χ1v) is 6.69. The van der Waals surface area contributed by atoms with Gasteiger partial charge >= 0.3 is 5.97 Å². The molecule has 20 heavy (non-hydrogen) atoms. The fourth-order valence-corrected chi connectivity index (χ4v) is 2.30. The first-order chi connectivity index (χ1) is 9.40. The maximum Gasteiger partial charge on any atom is 0.373 e. The van der Waals surface area contributed by atoms with Crippen LogP contribution in [0.4, 0.5) is 0 Å². The number of nitrogens with zero attached hydrogens (tertiary/aromatic N) is 1. The SMILES string of the molecule is Cc1cccc(C)c1-c1nc(CC(C)C)c(C(=O)O)o1. The average molecular weight is 273 g/mol. The van der Waals surface area contributed by atoms with E-state index in [2.05, 4.69) is 4.98 Å². The molecule has 0 spiro atoms. The van der Waals surface area contributed by atoms with E-state index in [1.807, 2.05) is 45.9 Å². The molecule has 1 N–H and O–H groups in total. The molecule has 4 heteroatoms. The third kappa shape index (κ3) is 2.74. The van der Waals surface area contributed by atoms with Crippen molar-refractivity contribution in [2.24, 2.45) is 5.92 Å². The van der Waals surface area contributed by atoms with Crippen molar-refractivity contribution in [1.29, 1.82) is 0 Å². The summed E-state index contributed by atoms with van der Waals surface area (Å²) >= 11 is 0. The molecule has 0 atom stereocenters. The van der Waals surface area contributed by atoms with Gasteiger partial charge in [-0.15, -0.1) is 0 Å². The predicted molar refractivity (Wildman–Crippen MR) is 76.9 cm³/mol. The van der Waals surface area contributed by atoms with Gasteiger partial charge in [-0.1, -0.05) is 32.0 Å². The van der Waals surface area contributed by atoms with Crippen LogP contribution in [0.15, 0.2) is 22.6 Å². The maximum absolute atomic E-state index is 11.3. The lowest BCUT2D eigenvalue weighted by atomic mass is 10.0. The van der Waals surface area contributed by atoms with Crippen LogP contribution in [0.2, 0.25) is 0 Å². The highest BCUT2D eigenvalue weighted by Crippen LogP contribution is 2.29. The number of benzene rings is 1. The van der Waals surface area contributed by atoms with Crippen molar-refractivity contribution in [1.82, 2.24) is 4.98 Å². The number of rotatable bonds is 4. The molecule has 0 aliphatic heterocycles. The van der Waals surface area contributed by atoms with Gasteiger partial charge in [0.05, 0.1) is 5.69 Å². The second kappa shape index (κ2) is 5.49. The summed E-state index contributed by atoms with van der Waals surface area (Å²) in [6, 6.07) is 5.90. The third-order valence-corrected chi connectivity index (χ3v) is 3.19. The Morgan fingerprint density at radius 1 is 1.30 bits per heavy atom. The lowest BCUT2D eigenvalue weighted by molar-refractivity contribution is 0.0661. The van der Waals surface area contributed by atoms with Crippen LogP contribution in [0.1, 0.15) is 41.2 Å². The van der Waals surface area contributed by atoms with Crippen molar-refractivity contribution in [2.45, 2.75) is 34.1 Å². The number of carbonyl (C=O) groups is 1. The second-order valence-electron chi connectivity index (χ2n) is 5.46. The van der Waals surface area contributed by atoms with E-state index in [0.717, 1.165) is 16.7 Å². The minimum atomic E-state index is -1.06. The van der Waals surface area contributed by atoms with E-state index in [0.29, 0.717) is 23.9 Å². The highest BCUT2D eigenvalue weighted by atomic mass is 16.4. The van der Waals surface area contributed by atoms with Crippen molar-refractivity contribution in [2.75, 3.05) is 0 Å². The van der Waals surface area contributed by atoms with E-state index >= 15 is 0 Å².